The molecule has 0 aliphatic carbocycles. The Morgan fingerprint density at radius 1 is 1.39 bits per heavy atom. The lowest BCUT2D eigenvalue weighted by molar-refractivity contribution is -0.136. The Bertz CT molecular complexity index is 592. The van der Waals surface area contributed by atoms with Gasteiger partial charge in [0.05, 0.1) is 24.1 Å². The van der Waals surface area contributed by atoms with Crippen molar-refractivity contribution in [3.05, 3.63) is 22.7 Å². The summed E-state index contributed by atoms with van der Waals surface area (Å²) >= 11 is 6.23. The number of carbonyl (C=O) groups is 1. The van der Waals surface area contributed by atoms with Crippen LogP contribution in [0.4, 0.5) is 0 Å². The molecule has 3 rings (SSSR count). The first-order valence-corrected chi connectivity index (χ1v) is 8.46. The first kappa shape index (κ1) is 16.4. The molecule has 1 aromatic carbocycles. The highest BCUT2D eigenvalue weighted by molar-refractivity contribution is 6.32. The van der Waals surface area contributed by atoms with Crippen molar-refractivity contribution in [1.82, 2.24) is 4.90 Å². The van der Waals surface area contributed by atoms with E-state index in [0.717, 1.165) is 18.4 Å². The number of carbonyl (C=O) groups excluding carboxylic acids is 1. The standard InChI is InChI=1S/C17H22ClNO4/c1-11-3-2-4-19(14(11)10-20)16(21)9-12-7-13(18)17-15(8-12)22-5-6-23-17/h7-8,11,14,20H,2-6,9-10H2,1H3/t11-,14+/m0/s1. The Labute approximate surface area is 141 Å². The topological polar surface area (TPSA) is 59.0 Å². The molecule has 0 unspecified atom stereocenters. The molecular formula is C17H22ClNO4. The number of nitrogens with zero attached hydrogens (tertiary/aromatic N) is 1. The number of halogens is 1. The smallest absolute Gasteiger partial charge is 0.227 e. The van der Waals surface area contributed by atoms with Crippen LogP contribution in [0.15, 0.2) is 12.1 Å². The molecule has 0 aromatic heterocycles. The highest BCUT2D eigenvalue weighted by Gasteiger charge is 2.31. The third kappa shape index (κ3) is 3.40. The summed E-state index contributed by atoms with van der Waals surface area (Å²) in [4.78, 5) is 14.5. The molecule has 2 aliphatic rings. The van der Waals surface area contributed by atoms with Gasteiger partial charge in [0.15, 0.2) is 11.5 Å². The molecule has 2 atom stereocenters. The number of hydrogen-bond donors (Lipinski definition) is 1. The van der Waals surface area contributed by atoms with Gasteiger partial charge in [0.25, 0.3) is 0 Å². The molecule has 126 valence electrons. The number of rotatable bonds is 3. The van der Waals surface area contributed by atoms with Crippen molar-refractivity contribution in [2.75, 3.05) is 26.4 Å². The van der Waals surface area contributed by atoms with Crippen molar-refractivity contribution in [2.24, 2.45) is 5.92 Å². The van der Waals surface area contributed by atoms with Crippen LogP contribution in [0, 0.1) is 5.92 Å². The second-order valence-corrected chi connectivity index (χ2v) is 6.64. The number of likely N-dealkylation sites (tertiary alicyclic amines) is 1. The summed E-state index contributed by atoms with van der Waals surface area (Å²) in [5, 5.41) is 10.1. The van der Waals surface area contributed by atoms with Gasteiger partial charge >= 0.3 is 0 Å². The Morgan fingerprint density at radius 2 is 2.17 bits per heavy atom. The lowest BCUT2D eigenvalue weighted by Gasteiger charge is -2.39. The monoisotopic (exact) mass is 339 g/mol. The first-order valence-electron chi connectivity index (χ1n) is 8.08. The summed E-state index contributed by atoms with van der Waals surface area (Å²) in [6.07, 6.45) is 2.27. The molecule has 0 radical (unpaired) electrons. The molecule has 1 saturated heterocycles. The fraction of sp³-hybridized carbons (Fsp3) is 0.588. The Morgan fingerprint density at radius 3 is 2.96 bits per heavy atom. The Balaban J connectivity index is 1.76. The van der Waals surface area contributed by atoms with Crippen LogP contribution in [0.2, 0.25) is 5.02 Å². The lowest BCUT2D eigenvalue weighted by Crippen LogP contribution is -2.50. The molecule has 0 saturated carbocycles. The number of ether oxygens (including phenoxy) is 2. The van der Waals surface area contributed by atoms with Crippen LogP contribution in [0.3, 0.4) is 0 Å². The Hall–Kier alpha value is -1.46. The van der Waals surface area contributed by atoms with E-state index in [0.29, 0.717) is 42.2 Å². The summed E-state index contributed by atoms with van der Waals surface area (Å²) in [5.74, 6) is 1.48. The third-order valence-corrected chi connectivity index (χ3v) is 4.92. The molecule has 5 nitrogen and oxygen atoms in total. The highest BCUT2D eigenvalue weighted by Crippen LogP contribution is 2.38. The molecule has 1 aromatic rings. The van der Waals surface area contributed by atoms with E-state index >= 15 is 0 Å². The first-order chi connectivity index (χ1) is 11.1. The van der Waals surface area contributed by atoms with Crippen molar-refractivity contribution in [2.45, 2.75) is 32.2 Å². The summed E-state index contributed by atoms with van der Waals surface area (Å²) in [5.41, 5.74) is 0.805. The van der Waals surface area contributed by atoms with Crippen LogP contribution in [0.1, 0.15) is 25.3 Å². The molecule has 2 heterocycles. The molecule has 23 heavy (non-hydrogen) atoms. The normalized spacial score (nSPS) is 23.7. The van der Waals surface area contributed by atoms with Gasteiger partial charge in [-0.25, -0.2) is 0 Å². The minimum Gasteiger partial charge on any atom is -0.486 e. The van der Waals surface area contributed by atoms with Gasteiger partial charge in [0, 0.05) is 6.54 Å². The fourth-order valence-electron chi connectivity index (χ4n) is 3.38. The number of aliphatic hydroxyl groups is 1. The van der Waals surface area contributed by atoms with Crippen molar-refractivity contribution in [3.63, 3.8) is 0 Å². The summed E-state index contributed by atoms with van der Waals surface area (Å²) < 4.78 is 11.1. The van der Waals surface area contributed by atoms with Gasteiger partial charge in [-0.2, -0.15) is 0 Å². The zero-order valence-electron chi connectivity index (χ0n) is 13.3. The largest absolute Gasteiger partial charge is 0.486 e. The molecule has 1 amide bonds. The zero-order valence-corrected chi connectivity index (χ0v) is 14.0. The summed E-state index contributed by atoms with van der Waals surface area (Å²) in [7, 11) is 0. The quantitative estimate of drug-likeness (QED) is 0.917. The average molecular weight is 340 g/mol. The average Bonchev–Trinajstić information content (AvgIpc) is 2.54. The van der Waals surface area contributed by atoms with Crippen molar-refractivity contribution >= 4 is 17.5 Å². The van der Waals surface area contributed by atoms with Crippen LogP contribution < -0.4 is 9.47 Å². The molecular weight excluding hydrogens is 318 g/mol. The van der Waals surface area contributed by atoms with E-state index < -0.39 is 0 Å². The zero-order chi connectivity index (χ0) is 16.4. The maximum Gasteiger partial charge on any atom is 0.227 e. The van der Waals surface area contributed by atoms with Crippen LogP contribution in [0.5, 0.6) is 11.5 Å². The Kier molecular flexibility index (Phi) is 4.97. The van der Waals surface area contributed by atoms with E-state index in [1.54, 1.807) is 11.0 Å². The van der Waals surface area contributed by atoms with Gasteiger partial charge < -0.3 is 19.5 Å². The summed E-state index contributed by atoms with van der Waals surface area (Å²) in [6, 6.07) is 3.48. The number of fused-ring (bicyclic) bond motifs is 1. The number of hydrogen-bond acceptors (Lipinski definition) is 4. The van der Waals surface area contributed by atoms with E-state index in [1.807, 2.05) is 6.07 Å². The van der Waals surface area contributed by atoms with Crippen molar-refractivity contribution in [3.8, 4) is 11.5 Å². The SMILES string of the molecule is C[C@H]1CCCN(C(=O)Cc2cc(Cl)c3c(c2)OCCO3)[C@@H]1CO. The molecule has 1 fully saturated rings. The van der Waals surface area contributed by atoms with Crippen molar-refractivity contribution < 1.29 is 19.4 Å². The predicted octanol–water partition coefficient (Wildman–Crippen LogP) is 2.27. The van der Waals surface area contributed by atoms with E-state index in [2.05, 4.69) is 6.92 Å². The summed E-state index contributed by atoms with van der Waals surface area (Å²) in [6.45, 7) is 3.76. The molecule has 1 N–H and O–H groups in total. The predicted molar refractivity (Wildman–Crippen MR) is 87.1 cm³/mol. The van der Waals surface area contributed by atoms with Gasteiger partial charge in [-0.05, 0) is 36.5 Å². The second kappa shape index (κ2) is 6.97. The van der Waals surface area contributed by atoms with E-state index in [4.69, 9.17) is 21.1 Å². The number of amides is 1. The van der Waals surface area contributed by atoms with Gasteiger partial charge in [0.2, 0.25) is 5.91 Å². The minimum atomic E-state index is -0.0936. The molecule has 0 spiro atoms. The highest BCUT2D eigenvalue weighted by atomic mass is 35.5. The van der Waals surface area contributed by atoms with Crippen molar-refractivity contribution in [1.29, 1.82) is 0 Å². The van der Waals surface area contributed by atoms with E-state index in [1.165, 1.54) is 0 Å². The molecule has 6 heteroatoms. The number of benzene rings is 1. The minimum absolute atomic E-state index is 0.00873. The molecule has 0 bridgehead atoms. The van der Waals surface area contributed by atoms with Gasteiger partial charge in [-0.1, -0.05) is 18.5 Å². The second-order valence-electron chi connectivity index (χ2n) is 6.24. The maximum absolute atomic E-state index is 12.7. The van der Waals surface area contributed by atoms with Gasteiger partial charge in [0.1, 0.15) is 13.2 Å². The van der Waals surface area contributed by atoms with E-state index in [9.17, 15) is 9.90 Å². The van der Waals surface area contributed by atoms with Crippen LogP contribution in [0.25, 0.3) is 0 Å². The van der Waals surface area contributed by atoms with Gasteiger partial charge in [-0.15, -0.1) is 0 Å². The third-order valence-electron chi connectivity index (χ3n) is 4.64. The number of aliphatic hydroxyl groups excluding tert-OH is 1. The number of piperidine rings is 1. The maximum atomic E-state index is 12.7. The van der Waals surface area contributed by atoms with Crippen LogP contribution in [-0.2, 0) is 11.2 Å². The lowest BCUT2D eigenvalue weighted by atomic mass is 9.91. The fourth-order valence-corrected chi connectivity index (χ4v) is 3.67. The van der Waals surface area contributed by atoms with Gasteiger partial charge in [-0.3, -0.25) is 4.79 Å². The van der Waals surface area contributed by atoms with Crippen LogP contribution >= 0.6 is 11.6 Å². The van der Waals surface area contributed by atoms with Crippen LogP contribution in [-0.4, -0.2) is 48.3 Å². The van der Waals surface area contributed by atoms with E-state index in [-0.39, 0.29) is 25.0 Å². The molecule has 2 aliphatic heterocycles.